The number of nitrogens with one attached hydrogen (secondary N) is 1. The van der Waals surface area contributed by atoms with Gasteiger partial charge in [-0.3, -0.25) is 9.59 Å². The van der Waals surface area contributed by atoms with Crippen LogP contribution in [-0.2, 0) is 14.3 Å². The van der Waals surface area contributed by atoms with E-state index < -0.39 is 11.2 Å². The summed E-state index contributed by atoms with van der Waals surface area (Å²) in [6.07, 6.45) is 1.94. The number of hydrogen-bond donors (Lipinski definition) is 1. The molecule has 148 valence electrons. The minimum absolute atomic E-state index is 0.333. The van der Waals surface area contributed by atoms with Crippen LogP contribution in [0.3, 0.4) is 0 Å². The van der Waals surface area contributed by atoms with Crippen LogP contribution in [0.4, 0.5) is 5.69 Å². The van der Waals surface area contributed by atoms with E-state index in [4.69, 9.17) is 4.74 Å². The number of anilines is 1. The third-order valence-corrected chi connectivity index (χ3v) is 6.08. The van der Waals surface area contributed by atoms with E-state index in [9.17, 15) is 9.59 Å². The second-order valence-corrected chi connectivity index (χ2v) is 8.10. The Morgan fingerprint density at radius 2 is 1.52 bits per heavy atom. The van der Waals surface area contributed by atoms with Gasteiger partial charge in [0.15, 0.2) is 6.61 Å². The molecule has 0 fully saturated rings. The molecule has 29 heavy (non-hydrogen) atoms. The molecular formula is C23H21NO3S2. The average Bonchev–Trinajstić information content (AvgIpc) is 2.77. The number of carbonyl (C=O) groups excluding carboxylic acids is 2. The molecule has 0 unspecified atom stereocenters. The van der Waals surface area contributed by atoms with Crippen LogP contribution in [0.15, 0.2) is 94.7 Å². The van der Waals surface area contributed by atoms with Gasteiger partial charge in [-0.15, -0.1) is 23.5 Å². The molecule has 3 rings (SSSR count). The fourth-order valence-electron chi connectivity index (χ4n) is 2.66. The minimum Gasteiger partial charge on any atom is -0.454 e. The Kier molecular flexibility index (Phi) is 7.78. The molecule has 0 aromatic heterocycles. The standard InChI is InChI=1S/C23H21NO3S2/c1-28-20-15-9-8-14-19(20)24-21(25)16-27-23(26)22(17-10-4-2-5-11-17)29-18-12-6-3-7-13-18/h2-15,22H,16H2,1H3,(H,24,25)/t22-/m0/s1. The van der Waals surface area contributed by atoms with E-state index in [1.807, 2.05) is 91.2 Å². The van der Waals surface area contributed by atoms with Gasteiger partial charge in [0.2, 0.25) is 0 Å². The lowest BCUT2D eigenvalue weighted by Crippen LogP contribution is -2.23. The van der Waals surface area contributed by atoms with Gasteiger partial charge in [0.25, 0.3) is 5.91 Å². The Morgan fingerprint density at radius 3 is 2.21 bits per heavy atom. The lowest BCUT2D eigenvalue weighted by Gasteiger charge is -2.16. The van der Waals surface area contributed by atoms with Gasteiger partial charge in [-0.25, -0.2) is 0 Å². The maximum absolute atomic E-state index is 12.8. The van der Waals surface area contributed by atoms with E-state index in [2.05, 4.69) is 5.32 Å². The lowest BCUT2D eigenvalue weighted by molar-refractivity contribution is -0.146. The first-order chi connectivity index (χ1) is 14.2. The summed E-state index contributed by atoms with van der Waals surface area (Å²) < 4.78 is 5.36. The van der Waals surface area contributed by atoms with E-state index >= 15 is 0 Å². The van der Waals surface area contributed by atoms with Gasteiger partial charge < -0.3 is 10.1 Å². The van der Waals surface area contributed by atoms with E-state index in [0.717, 1.165) is 15.4 Å². The summed E-state index contributed by atoms with van der Waals surface area (Å²) >= 11 is 2.94. The Morgan fingerprint density at radius 1 is 0.897 bits per heavy atom. The molecule has 0 aliphatic carbocycles. The van der Waals surface area contributed by atoms with E-state index in [0.29, 0.717) is 5.69 Å². The SMILES string of the molecule is CSc1ccccc1NC(=O)COC(=O)[C@@H](Sc1ccccc1)c1ccccc1. The molecule has 0 bridgehead atoms. The molecule has 0 saturated carbocycles. The summed E-state index contributed by atoms with van der Waals surface area (Å²) in [4.78, 5) is 27.0. The second kappa shape index (κ2) is 10.7. The molecule has 0 aliphatic heterocycles. The first-order valence-corrected chi connectivity index (χ1v) is 11.1. The smallest absolute Gasteiger partial charge is 0.324 e. The van der Waals surface area contributed by atoms with Crippen molar-refractivity contribution in [3.63, 3.8) is 0 Å². The van der Waals surface area contributed by atoms with Crippen LogP contribution >= 0.6 is 23.5 Å². The van der Waals surface area contributed by atoms with Crippen molar-refractivity contribution in [2.45, 2.75) is 15.0 Å². The van der Waals surface area contributed by atoms with Crippen molar-refractivity contribution in [1.29, 1.82) is 0 Å². The number of thioether (sulfide) groups is 2. The third kappa shape index (κ3) is 6.14. The summed E-state index contributed by atoms with van der Waals surface area (Å²) in [6.45, 7) is -0.333. The van der Waals surface area contributed by atoms with Crippen LogP contribution in [0, 0.1) is 0 Å². The van der Waals surface area contributed by atoms with Gasteiger partial charge in [0.1, 0.15) is 5.25 Å². The van der Waals surface area contributed by atoms with Gasteiger partial charge in [-0.05, 0) is 36.1 Å². The zero-order valence-corrected chi connectivity index (χ0v) is 17.5. The maximum atomic E-state index is 12.8. The van der Waals surface area contributed by atoms with Crippen LogP contribution in [-0.4, -0.2) is 24.7 Å². The molecule has 0 saturated heterocycles. The van der Waals surface area contributed by atoms with Crippen LogP contribution in [0.5, 0.6) is 0 Å². The predicted octanol–water partition coefficient (Wildman–Crippen LogP) is 5.42. The number of benzene rings is 3. The third-order valence-electron chi connectivity index (χ3n) is 4.04. The highest BCUT2D eigenvalue weighted by Crippen LogP contribution is 2.36. The monoisotopic (exact) mass is 423 g/mol. The lowest BCUT2D eigenvalue weighted by atomic mass is 10.1. The molecule has 0 aliphatic rings. The summed E-state index contributed by atoms with van der Waals surface area (Å²) in [7, 11) is 0. The molecule has 4 nitrogen and oxygen atoms in total. The number of rotatable bonds is 8. The Balaban J connectivity index is 1.66. The number of amides is 1. The second-order valence-electron chi connectivity index (χ2n) is 6.08. The highest BCUT2D eigenvalue weighted by atomic mass is 32.2. The van der Waals surface area contributed by atoms with Gasteiger partial charge >= 0.3 is 5.97 Å². The van der Waals surface area contributed by atoms with E-state index in [-0.39, 0.29) is 12.5 Å². The Labute approximate surface area is 179 Å². The molecule has 3 aromatic rings. The van der Waals surface area contributed by atoms with Crippen molar-refractivity contribution in [2.24, 2.45) is 0 Å². The molecular weight excluding hydrogens is 402 g/mol. The fourth-order valence-corrected chi connectivity index (χ4v) is 4.26. The van der Waals surface area contributed by atoms with Crippen molar-refractivity contribution < 1.29 is 14.3 Å². The van der Waals surface area contributed by atoms with Crippen molar-refractivity contribution in [3.8, 4) is 0 Å². The molecule has 0 radical (unpaired) electrons. The Bertz CT molecular complexity index is 949. The normalized spacial score (nSPS) is 11.5. The number of ether oxygens (including phenoxy) is 1. The molecule has 0 spiro atoms. The summed E-state index contributed by atoms with van der Waals surface area (Å²) in [5, 5.41) is 2.25. The molecule has 1 N–H and O–H groups in total. The zero-order chi connectivity index (χ0) is 20.5. The van der Waals surface area contributed by atoms with Crippen LogP contribution in [0.25, 0.3) is 0 Å². The number of para-hydroxylation sites is 1. The molecule has 0 heterocycles. The van der Waals surface area contributed by atoms with Crippen molar-refractivity contribution in [1.82, 2.24) is 0 Å². The van der Waals surface area contributed by atoms with Gasteiger partial charge in [-0.2, -0.15) is 0 Å². The van der Waals surface area contributed by atoms with E-state index in [1.54, 1.807) is 0 Å². The quantitative estimate of drug-likeness (QED) is 0.387. The van der Waals surface area contributed by atoms with Gasteiger partial charge in [0.05, 0.1) is 5.69 Å². The van der Waals surface area contributed by atoms with Crippen molar-refractivity contribution in [2.75, 3.05) is 18.2 Å². The first-order valence-electron chi connectivity index (χ1n) is 9.03. The van der Waals surface area contributed by atoms with Crippen LogP contribution in [0.1, 0.15) is 10.8 Å². The van der Waals surface area contributed by atoms with Crippen LogP contribution in [0.2, 0.25) is 0 Å². The van der Waals surface area contributed by atoms with E-state index in [1.165, 1.54) is 23.5 Å². The van der Waals surface area contributed by atoms with Crippen molar-refractivity contribution in [3.05, 3.63) is 90.5 Å². The largest absolute Gasteiger partial charge is 0.454 e. The molecule has 6 heteroatoms. The van der Waals surface area contributed by atoms with Crippen LogP contribution < -0.4 is 5.32 Å². The maximum Gasteiger partial charge on any atom is 0.324 e. The number of carbonyl (C=O) groups is 2. The fraction of sp³-hybridized carbons (Fsp3) is 0.130. The Hall–Kier alpha value is -2.70. The topological polar surface area (TPSA) is 55.4 Å². The predicted molar refractivity (Wildman–Crippen MR) is 119 cm³/mol. The molecule has 1 amide bonds. The number of hydrogen-bond acceptors (Lipinski definition) is 5. The average molecular weight is 424 g/mol. The minimum atomic E-state index is -0.551. The first kappa shape index (κ1) is 21.0. The van der Waals surface area contributed by atoms with Crippen molar-refractivity contribution >= 4 is 41.1 Å². The highest BCUT2D eigenvalue weighted by Gasteiger charge is 2.24. The molecule has 3 aromatic carbocycles. The van der Waals surface area contributed by atoms with Gasteiger partial charge in [-0.1, -0.05) is 60.7 Å². The summed E-state index contributed by atoms with van der Waals surface area (Å²) in [5.41, 5.74) is 1.54. The van der Waals surface area contributed by atoms with Gasteiger partial charge in [0, 0.05) is 9.79 Å². The molecule has 1 atom stereocenters. The zero-order valence-electron chi connectivity index (χ0n) is 15.9. The summed E-state index contributed by atoms with van der Waals surface area (Å²) in [5.74, 6) is -0.810. The highest BCUT2D eigenvalue weighted by molar-refractivity contribution is 8.00. The summed E-state index contributed by atoms with van der Waals surface area (Å²) in [6, 6.07) is 26.6. The number of esters is 1.